The number of hydrogen-bond acceptors (Lipinski definition) is 3. The number of rotatable bonds is 6. The van der Waals surface area contributed by atoms with Gasteiger partial charge in [0.2, 0.25) is 0 Å². The Morgan fingerprint density at radius 3 is 2.56 bits per heavy atom. The van der Waals surface area contributed by atoms with Crippen LogP contribution in [0.3, 0.4) is 0 Å². The van der Waals surface area contributed by atoms with Crippen LogP contribution >= 0.6 is 0 Å². The molecule has 1 N–H and O–H groups in total. The summed E-state index contributed by atoms with van der Waals surface area (Å²) in [5.41, 5.74) is 1.49. The number of hydrogen-bond donors (Lipinski definition) is 1. The lowest BCUT2D eigenvalue weighted by Gasteiger charge is -2.26. The Kier molecular flexibility index (Phi) is 5.42. The van der Waals surface area contributed by atoms with E-state index in [9.17, 15) is 0 Å². The average Bonchev–Trinajstić information content (AvgIpc) is 2.60. The number of aryl methyl sites for hydroxylation is 1. The van der Waals surface area contributed by atoms with E-state index in [2.05, 4.69) is 51.0 Å². The van der Waals surface area contributed by atoms with Gasteiger partial charge in [-0.2, -0.15) is 0 Å². The highest BCUT2D eigenvalue weighted by Gasteiger charge is 2.13. The molecule has 1 atom stereocenters. The summed E-state index contributed by atoms with van der Waals surface area (Å²) < 4.78 is 5.32. The first-order valence-corrected chi connectivity index (χ1v) is 6.74. The molecule has 0 radical (unpaired) electrons. The topological polar surface area (TPSA) is 28.4 Å². The lowest BCUT2D eigenvalue weighted by atomic mass is 10.1. The van der Waals surface area contributed by atoms with Crippen LogP contribution in [0, 0.1) is 12.8 Å². The molecule has 0 saturated carbocycles. The molecule has 1 aromatic rings. The summed E-state index contributed by atoms with van der Waals surface area (Å²) in [5, 5.41) is 3.55. The standard InChI is InChI=1S/C15H28N2O/c1-12(9-16-15(3,4)5)10-17(6)11-14-7-8-18-13(14)2/h7-8,12,16H,9-11H2,1-6H3. The van der Waals surface area contributed by atoms with Crippen LogP contribution < -0.4 is 5.32 Å². The highest BCUT2D eigenvalue weighted by Crippen LogP contribution is 2.12. The van der Waals surface area contributed by atoms with Crippen LogP contribution in [0.15, 0.2) is 16.7 Å². The normalized spacial score (nSPS) is 14.2. The monoisotopic (exact) mass is 252 g/mol. The largest absolute Gasteiger partial charge is 0.469 e. The fourth-order valence-electron chi connectivity index (χ4n) is 2.01. The van der Waals surface area contributed by atoms with Crippen molar-refractivity contribution < 1.29 is 4.42 Å². The Hall–Kier alpha value is -0.800. The van der Waals surface area contributed by atoms with E-state index < -0.39 is 0 Å². The molecule has 0 aliphatic rings. The first-order valence-electron chi connectivity index (χ1n) is 6.74. The molecular formula is C15H28N2O. The summed E-state index contributed by atoms with van der Waals surface area (Å²) in [4.78, 5) is 2.35. The van der Waals surface area contributed by atoms with Crippen molar-refractivity contribution in [1.29, 1.82) is 0 Å². The molecule has 0 aliphatic carbocycles. The zero-order valence-corrected chi connectivity index (χ0v) is 12.7. The van der Waals surface area contributed by atoms with E-state index in [1.165, 1.54) is 5.56 Å². The second-order valence-electron chi connectivity index (χ2n) is 6.43. The van der Waals surface area contributed by atoms with Crippen LogP contribution in [0.1, 0.15) is 39.0 Å². The third-order valence-electron chi connectivity index (χ3n) is 3.01. The summed E-state index contributed by atoms with van der Waals surface area (Å²) >= 11 is 0. The minimum absolute atomic E-state index is 0.202. The predicted octanol–water partition coefficient (Wildman–Crippen LogP) is 3.04. The van der Waals surface area contributed by atoms with Gasteiger partial charge in [-0.05, 0) is 53.3 Å². The van der Waals surface area contributed by atoms with E-state index in [0.29, 0.717) is 5.92 Å². The molecule has 0 spiro atoms. The average molecular weight is 252 g/mol. The Labute approximate surface area is 112 Å². The molecule has 0 amide bonds. The lowest BCUT2D eigenvalue weighted by molar-refractivity contribution is 0.260. The SMILES string of the molecule is Cc1occc1CN(C)CC(C)CNC(C)(C)C. The molecule has 0 aliphatic heterocycles. The molecule has 18 heavy (non-hydrogen) atoms. The van der Waals surface area contributed by atoms with Gasteiger partial charge in [0.05, 0.1) is 6.26 Å². The van der Waals surface area contributed by atoms with Crippen molar-refractivity contribution in [3.63, 3.8) is 0 Å². The second kappa shape index (κ2) is 6.39. The summed E-state index contributed by atoms with van der Waals surface area (Å²) in [7, 11) is 2.17. The molecule has 1 heterocycles. The van der Waals surface area contributed by atoms with Crippen molar-refractivity contribution in [2.75, 3.05) is 20.1 Å². The molecule has 1 aromatic heterocycles. The van der Waals surface area contributed by atoms with Crippen molar-refractivity contribution in [1.82, 2.24) is 10.2 Å². The highest BCUT2D eigenvalue weighted by atomic mass is 16.3. The molecular weight excluding hydrogens is 224 g/mol. The van der Waals surface area contributed by atoms with Gasteiger partial charge >= 0.3 is 0 Å². The van der Waals surface area contributed by atoms with E-state index >= 15 is 0 Å². The molecule has 1 rings (SSSR count). The third-order valence-corrected chi connectivity index (χ3v) is 3.01. The summed E-state index contributed by atoms with van der Waals surface area (Å²) in [5.74, 6) is 1.67. The van der Waals surface area contributed by atoms with Crippen molar-refractivity contribution in [2.24, 2.45) is 5.92 Å². The van der Waals surface area contributed by atoms with Crippen molar-refractivity contribution in [3.8, 4) is 0 Å². The van der Waals surface area contributed by atoms with Gasteiger partial charge in [-0.1, -0.05) is 6.92 Å². The third kappa shape index (κ3) is 5.69. The van der Waals surface area contributed by atoms with Crippen LogP contribution in [-0.2, 0) is 6.54 Å². The predicted molar refractivity (Wildman–Crippen MR) is 76.7 cm³/mol. The maximum absolute atomic E-state index is 5.32. The minimum Gasteiger partial charge on any atom is -0.469 e. The zero-order valence-electron chi connectivity index (χ0n) is 12.7. The quantitative estimate of drug-likeness (QED) is 0.843. The van der Waals surface area contributed by atoms with Crippen LogP contribution in [0.5, 0.6) is 0 Å². The van der Waals surface area contributed by atoms with E-state index in [1.54, 1.807) is 6.26 Å². The number of furan rings is 1. The first kappa shape index (κ1) is 15.3. The summed E-state index contributed by atoms with van der Waals surface area (Å²) in [6.45, 7) is 14.0. The Balaban J connectivity index is 2.31. The van der Waals surface area contributed by atoms with Crippen LogP contribution in [0.25, 0.3) is 0 Å². The number of nitrogens with zero attached hydrogens (tertiary/aromatic N) is 1. The zero-order chi connectivity index (χ0) is 13.8. The molecule has 0 aromatic carbocycles. The first-order chi connectivity index (χ1) is 8.28. The highest BCUT2D eigenvalue weighted by molar-refractivity contribution is 5.14. The second-order valence-corrected chi connectivity index (χ2v) is 6.43. The molecule has 0 bridgehead atoms. The Morgan fingerprint density at radius 2 is 2.06 bits per heavy atom. The van der Waals surface area contributed by atoms with Crippen LogP contribution in [-0.4, -0.2) is 30.6 Å². The Bertz CT molecular complexity index is 352. The van der Waals surface area contributed by atoms with E-state index in [0.717, 1.165) is 25.4 Å². The van der Waals surface area contributed by atoms with Gasteiger partial charge in [0.1, 0.15) is 5.76 Å². The lowest BCUT2D eigenvalue weighted by Crippen LogP contribution is -2.40. The van der Waals surface area contributed by atoms with Crippen molar-refractivity contribution >= 4 is 0 Å². The minimum atomic E-state index is 0.202. The smallest absolute Gasteiger partial charge is 0.105 e. The van der Waals surface area contributed by atoms with Gasteiger partial charge in [0.15, 0.2) is 0 Å². The van der Waals surface area contributed by atoms with Crippen molar-refractivity contribution in [3.05, 3.63) is 23.7 Å². The summed E-state index contributed by atoms with van der Waals surface area (Å²) in [6.07, 6.45) is 1.77. The maximum atomic E-state index is 5.32. The van der Waals surface area contributed by atoms with Crippen molar-refractivity contribution in [2.45, 2.75) is 46.7 Å². The van der Waals surface area contributed by atoms with Gasteiger partial charge in [0.25, 0.3) is 0 Å². The molecule has 0 saturated heterocycles. The van der Waals surface area contributed by atoms with E-state index in [4.69, 9.17) is 4.42 Å². The molecule has 1 unspecified atom stereocenters. The fraction of sp³-hybridized carbons (Fsp3) is 0.733. The molecule has 0 fully saturated rings. The van der Waals surface area contributed by atoms with Gasteiger partial charge < -0.3 is 14.6 Å². The Morgan fingerprint density at radius 1 is 1.39 bits per heavy atom. The van der Waals surface area contributed by atoms with Crippen LogP contribution in [0.4, 0.5) is 0 Å². The summed E-state index contributed by atoms with van der Waals surface area (Å²) in [6, 6.07) is 2.06. The van der Waals surface area contributed by atoms with Gasteiger partial charge in [-0.3, -0.25) is 0 Å². The molecule has 3 nitrogen and oxygen atoms in total. The van der Waals surface area contributed by atoms with E-state index in [-0.39, 0.29) is 5.54 Å². The van der Waals surface area contributed by atoms with Gasteiger partial charge in [-0.25, -0.2) is 0 Å². The maximum Gasteiger partial charge on any atom is 0.105 e. The van der Waals surface area contributed by atoms with Gasteiger partial charge in [0, 0.05) is 24.2 Å². The molecule has 104 valence electrons. The van der Waals surface area contributed by atoms with E-state index in [1.807, 2.05) is 6.92 Å². The van der Waals surface area contributed by atoms with Crippen LogP contribution in [0.2, 0.25) is 0 Å². The van der Waals surface area contributed by atoms with Gasteiger partial charge in [-0.15, -0.1) is 0 Å². The molecule has 3 heteroatoms. The fourth-order valence-corrected chi connectivity index (χ4v) is 2.01. The number of nitrogens with one attached hydrogen (secondary N) is 1.